The molecular weight excluding hydrogens is 851 g/mol. The van der Waals surface area contributed by atoms with E-state index in [1.165, 1.54) is 87.7 Å². The van der Waals surface area contributed by atoms with Gasteiger partial charge in [-0.2, -0.15) is 0 Å². The van der Waals surface area contributed by atoms with E-state index in [0.717, 1.165) is 62.6 Å². The Kier molecular flexibility index (Phi) is 9.07. The molecule has 1 aliphatic heterocycles. The molecule has 8 aromatic carbocycles. The molecular formula is C66H55N3O. The minimum Gasteiger partial charge on any atom is -0.457 e. The fourth-order valence-corrected chi connectivity index (χ4v) is 14.0. The van der Waals surface area contributed by atoms with E-state index in [0.29, 0.717) is 17.5 Å². The van der Waals surface area contributed by atoms with Gasteiger partial charge in [0.15, 0.2) is 17.5 Å². The van der Waals surface area contributed by atoms with Crippen LogP contribution in [-0.4, -0.2) is 15.0 Å². The van der Waals surface area contributed by atoms with Crippen LogP contribution in [-0.2, 0) is 16.2 Å². The maximum atomic E-state index is 6.91. The van der Waals surface area contributed by atoms with Crippen LogP contribution in [0.25, 0.3) is 67.5 Å². The van der Waals surface area contributed by atoms with Crippen LogP contribution in [0.2, 0.25) is 0 Å². The van der Waals surface area contributed by atoms with Gasteiger partial charge >= 0.3 is 0 Å². The van der Waals surface area contributed by atoms with Crippen LogP contribution in [0.5, 0.6) is 11.5 Å². The van der Waals surface area contributed by atoms with Crippen molar-refractivity contribution in [3.63, 3.8) is 0 Å². The summed E-state index contributed by atoms with van der Waals surface area (Å²) in [5.74, 6) is 6.25. The second kappa shape index (κ2) is 15.3. The van der Waals surface area contributed by atoms with E-state index in [-0.39, 0.29) is 10.8 Å². The summed E-state index contributed by atoms with van der Waals surface area (Å²) in [5.41, 5.74) is 18.7. The standard InChI is InChI=1S/C66H55N3O/c1-40-34-43-24-25-47(43)39-65(4,38-40)48-30-26-41(27-31-48)61-67-62(69-63(68-61)46-28-32-52-49-16-5-8-19-53(49)64(2,3)58(52)36-46)45-15-13-14-42(35-45)44-29-33-57-60(37-44)70-59-23-12-11-22-56(59)66(57)54-20-9-6-17-50(54)51-18-7-10-21-55(51)66/h5-23,26-33,35-37,40,43,47H,24-25,34,38-39H2,1-4H3/t40-,43?,47?,65?/m0/s1. The molecule has 0 amide bonds. The highest BCUT2D eigenvalue weighted by Gasteiger charge is 2.51. The number of rotatable bonds is 5. The fourth-order valence-electron chi connectivity index (χ4n) is 14.0. The molecule has 340 valence electrons. The zero-order chi connectivity index (χ0) is 46.9. The van der Waals surface area contributed by atoms with Gasteiger partial charge in [-0.15, -0.1) is 0 Å². The smallest absolute Gasteiger partial charge is 0.164 e. The molecule has 0 bridgehead atoms. The van der Waals surface area contributed by atoms with E-state index < -0.39 is 5.41 Å². The molecule has 4 aliphatic carbocycles. The van der Waals surface area contributed by atoms with E-state index in [9.17, 15) is 0 Å². The number of hydrogen-bond acceptors (Lipinski definition) is 4. The van der Waals surface area contributed by atoms with Crippen molar-refractivity contribution in [1.82, 2.24) is 15.0 Å². The van der Waals surface area contributed by atoms with Gasteiger partial charge in [0.1, 0.15) is 11.5 Å². The monoisotopic (exact) mass is 905 g/mol. The Morgan fingerprint density at radius 3 is 1.64 bits per heavy atom. The van der Waals surface area contributed by atoms with Crippen LogP contribution in [0.15, 0.2) is 182 Å². The maximum Gasteiger partial charge on any atom is 0.164 e. The molecule has 2 heterocycles. The number of hydrogen-bond donors (Lipinski definition) is 0. The van der Waals surface area contributed by atoms with Gasteiger partial charge in [-0.1, -0.05) is 185 Å². The van der Waals surface area contributed by atoms with E-state index in [1.807, 2.05) is 0 Å². The normalized spacial score (nSPS) is 21.4. The zero-order valence-electron chi connectivity index (χ0n) is 40.3. The van der Waals surface area contributed by atoms with Gasteiger partial charge in [0.2, 0.25) is 0 Å². The summed E-state index contributed by atoms with van der Waals surface area (Å²) in [4.78, 5) is 16.0. The van der Waals surface area contributed by atoms with Crippen LogP contribution in [0.4, 0.5) is 0 Å². The minimum absolute atomic E-state index is 0.152. The zero-order valence-corrected chi connectivity index (χ0v) is 40.3. The molecule has 5 aliphatic rings. The first-order valence-electron chi connectivity index (χ1n) is 25.5. The van der Waals surface area contributed by atoms with Gasteiger partial charge < -0.3 is 4.74 Å². The van der Waals surface area contributed by atoms with Crippen molar-refractivity contribution in [2.24, 2.45) is 17.8 Å². The Labute approximate surface area is 411 Å². The van der Waals surface area contributed by atoms with Gasteiger partial charge in [0.25, 0.3) is 0 Å². The molecule has 0 radical (unpaired) electrons. The largest absolute Gasteiger partial charge is 0.457 e. The van der Waals surface area contributed by atoms with Gasteiger partial charge in [-0.05, 0) is 141 Å². The Hall–Kier alpha value is -7.43. The topological polar surface area (TPSA) is 47.9 Å². The molecule has 0 N–H and O–H groups in total. The molecule has 4 heteroatoms. The first kappa shape index (κ1) is 41.5. The third-order valence-corrected chi connectivity index (χ3v) is 17.4. The van der Waals surface area contributed by atoms with Crippen molar-refractivity contribution in [2.75, 3.05) is 0 Å². The third kappa shape index (κ3) is 6.11. The van der Waals surface area contributed by atoms with Crippen molar-refractivity contribution in [3.8, 4) is 79.0 Å². The minimum atomic E-state index is -0.505. The number of nitrogens with zero attached hydrogens (tertiary/aromatic N) is 3. The summed E-state index contributed by atoms with van der Waals surface area (Å²) in [6.45, 7) is 9.64. The van der Waals surface area contributed by atoms with E-state index in [2.05, 4.69) is 210 Å². The van der Waals surface area contributed by atoms with Crippen molar-refractivity contribution in [2.45, 2.75) is 76.0 Å². The second-order valence-corrected chi connectivity index (χ2v) is 22.0. The molecule has 70 heavy (non-hydrogen) atoms. The molecule has 1 spiro atoms. The Morgan fingerprint density at radius 1 is 0.414 bits per heavy atom. The van der Waals surface area contributed by atoms with E-state index >= 15 is 0 Å². The lowest BCUT2D eigenvalue weighted by Crippen LogP contribution is -2.32. The first-order valence-corrected chi connectivity index (χ1v) is 25.5. The summed E-state index contributed by atoms with van der Waals surface area (Å²) in [6.07, 6.45) is 6.69. The van der Waals surface area contributed by atoms with Crippen molar-refractivity contribution < 1.29 is 4.74 Å². The molecule has 14 rings (SSSR count). The predicted molar refractivity (Wildman–Crippen MR) is 283 cm³/mol. The number of ether oxygens (including phenoxy) is 1. The Morgan fingerprint density at radius 2 is 0.943 bits per heavy atom. The first-order chi connectivity index (χ1) is 34.2. The maximum absolute atomic E-state index is 6.91. The van der Waals surface area contributed by atoms with Crippen LogP contribution in [0.1, 0.15) is 98.7 Å². The molecule has 2 fully saturated rings. The molecule has 0 saturated heterocycles. The highest BCUT2D eigenvalue weighted by molar-refractivity contribution is 5.89. The SMILES string of the molecule is C[C@H]1CC2CCC2CC(C)(c2ccc(-c3nc(-c4cccc(-c5ccc6c(c5)Oc5ccccc5C65c6ccccc6-c6ccccc65)c4)nc(-c4ccc5c(c4)C(C)(C)c4ccccc4-5)n3)cc2)C1. The third-order valence-electron chi connectivity index (χ3n) is 17.4. The Balaban J connectivity index is 0.879. The Bertz CT molecular complexity index is 3560. The molecule has 2 saturated carbocycles. The second-order valence-electron chi connectivity index (χ2n) is 22.0. The van der Waals surface area contributed by atoms with Crippen molar-refractivity contribution in [3.05, 3.63) is 221 Å². The van der Waals surface area contributed by atoms with E-state index in [1.54, 1.807) is 0 Å². The summed E-state index contributed by atoms with van der Waals surface area (Å²) in [7, 11) is 0. The van der Waals surface area contributed by atoms with Crippen LogP contribution in [0, 0.1) is 17.8 Å². The van der Waals surface area contributed by atoms with Crippen LogP contribution >= 0.6 is 0 Å². The summed E-state index contributed by atoms with van der Waals surface area (Å²) in [6, 6.07) is 66.6. The lowest BCUT2D eigenvalue weighted by molar-refractivity contribution is 0.142. The number of para-hydroxylation sites is 1. The molecule has 3 unspecified atom stereocenters. The average molecular weight is 906 g/mol. The molecule has 4 atom stereocenters. The number of fused-ring (bicyclic) bond motifs is 13. The predicted octanol–water partition coefficient (Wildman–Crippen LogP) is 16.4. The summed E-state index contributed by atoms with van der Waals surface area (Å²) >= 11 is 0. The molecule has 9 aromatic rings. The van der Waals surface area contributed by atoms with Gasteiger partial charge in [-0.3, -0.25) is 0 Å². The van der Waals surface area contributed by atoms with Crippen molar-refractivity contribution >= 4 is 0 Å². The summed E-state index contributed by atoms with van der Waals surface area (Å²) in [5, 5.41) is 0. The number of benzene rings is 8. The van der Waals surface area contributed by atoms with Gasteiger partial charge in [0.05, 0.1) is 5.41 Å². The summed E-state index contributed by atoms with van der Waals surface area (Å²) < 4.78 is 6.91. The lowest BCUT2D eigenvalue weighted by atomic mass is 9.65. The van der Waals surface area contributed by atoms with E-state index in [4.69, 9.17) is 19.7 Å². The quantitative estimate of drug-likeness (QED) is 0.173. The lowest BCUT2D eigenvalue weighted by Gasteiger charge is -2.39. The van der Waals surface area contributed by atoms with Gasteiger partial charge in [0, 0.05) is 33.2 Å². The molecule has 1 aromatic heterocycles. The average Bonchev–Trinajstić information content (AvgIpc) is 3.78. The van der Waals surface area contributed by atoms with Crippen LogP contribution < -0.4 is 4.74 Å². The molecule has 4 nitrogen and oxygen atoms in total. The van der Waals surface area contributed by atoms with Crippen LogP contribution in [0.3, 0.4) is 0 Å². The van der Waals surface area contributed by atoms with Gasteiger partial charge in [-0.25, -0.2) is 15.0 Å². The highest BCUT2D eigenvalue weighted by Crippen LogP contribution is 2.62. The highest BCUT2D eigenvalue weighted by atomic mass is 16.5. The fraction of sp³-hybridized carbons (Fsp3) is 0.227. The number of aromatic nitrogens is 3. The van der Waals surface area contributed by atoms with Crippen molar-refractivity contribution in [1.29, 1.82) is 0 Å².